The molecule has 0 spiro atoms. The van der Waals surface area contributed by atoms with Gasteiger partial charge in [-0.15, -0.1) is 5.10 Å². The number of amidine groups is 1. The van der Waals surface area contributed by atoms with Crippen molar-refractivity contribution in [3.05, 3.63) is 71.5 Å². The maximum atomic E-state index is 13.1. The van der Waals surface area contributed by atoms with E-state index < -0.39 is 0 Å². The molecule has 4 nitrogen and oxygen atoms in total. The summed E-state index contributed by atoms with van der Waals surface area (Å²) in [5.74, 6) is -0.274. The normalized spacial score (nSPS) is 19.3. The highest BCUT2D eigenvalue weighted by Crippen LogP contribution is 2.30. The standard InChI is InChI=1S/C19H18FN3OS/c1-2-17-18(24)23(13-15-8-10-16(20)11-9-15)19(25-17)22-21-12-14-6-4-3-5-7-14/h3-12,17H,2,13H2,1H3. The fourth-order valence-corrected chi connectivity index (χ4v) is 3.47. The summed E-state index contributed by atoms with van der Waals surface area (Å²) in [5.41, 5.74) is 1.80. The zero-order valence-electron chi connectivity index (χ0n) is 13.8. The van der Waals surface area contributed by atoms with Gasteiger partial charge in [0.05, 0.1) is 18.0 Å². The number of hydrogen-bond acceptors (Lipinski definition) is 4. The number of halogens is 1. The Morgan fingerprint density at radius 3 is 2.56 bits per heavy atom. The van der Waals surface area contributed by atoms with Crippen LogP contribution in [0.4, 0.5) is 4.39 Å². The van der Waals surface area contributed by atoms with E-state index >= 15 is 0 Å². The summed E-state index contributed by atoms with van der Waals surface area (Å²) >= 11 is 1.42. The molecule has 0 N–H and O–H groups in total. The molecule has 2 aromatic rings. The average Bonchev–Trinajstić information content (AvgIpc) is 2.93. The van der Waals surface area contributed by atoms with Gasteiger partial charge in [-0.2, -0.15) is 5.10 Å². The highest BCUT2D eigenvalue weighted by Gasteiger charge is 2.36. The zero-order valence-corrected chi connectivity index (χ0v) is 14.6. The van der Waals surface area contributed by atoms with Gasteiger partial charge < -0.3 is 0 Å². The van der Waals surface area contributed by atoms with E-state index in [1.165, 1.54) is 23.9 Å². The lowest BCUT2D eigenvalue weighted by Gasteiger charge is -2.15. The van der Waals surface area contributed by atoms with Gasteiger partial charge in [-0.1, -0.05) is 61.2 Å². The van der Waals surface area contributed by atoms with Crippen LogP contribution in [0.1, 0.15) is 24.5 Å². The van der Waals surface area contributed by atoms with E-state index in [2.05, 4.69) is 10.2 Å². The number of benzene rings is 2. The van der Waals surface area contributed by atoms with Gasteiger partial charge in [-0.3, -0.25) is 9.69 Å². The summed E-state index contributed by atoms with van der Waals surface area (Å²) < 4.78 is 13.1. The number of carbonyl (C=O) groups excluding carboxylic acids is 1. The molecule has 1 unspecified atom stereocenters. The predicted octanol–water partition coefficient (Wildman–Crippen LogP) is 4.07. The number of carbonyl (C=O) groups is 1. The van der Waals surface area contributed by atoms with Crippen molar-refractivity contribution < 1.29 is 9.18 Å². The summed E-state index contributed by atoms with van der Waals surface area (Å²) in [7, 11) is 0. The third-order valence-corrected chi connectivity index (χ3v) is 5.13. The Bertz CT molecular complexity index is 790. The van der Waals surface area contributed by atoms with Crippen molar-refractivity contribution in [1.82, 2.24) is 4.90 Å². The van der Waals surface area contributed by atoms with E-state index in [1.54, 1.807) is 23.2 Å². The lowest BCUT2D eigenvalue weighted by atomic mass is 10.2. The Hall–Kier alpha value is -2.47. The molecule has 0 aromatic heterocycles. The van der Waals surface area contributed by atoms with Crippen LogP contribution in [-0.2, 0) is 11.3 Å². The minimum Gasteiger partial charge on any atom is -0.284 e. The topological polar surface area (TPSA) is 45.0 Å². The Labute approximate surface area is 150 Å². The molecule has 2 aromatic carbocycles. The first-order chi connectivity index (χ1) is 12.2. The molecule has 1 aliphatic heterocycles. The van der Waals surface area contributed by atoms with Gasteiger partial charge >= 0.3 is 0 Å². The molecule has 1 atom stereocenters. The number of rotatable bonds is 5. The molecule has 128 valence electrons. The molecule has 1 amide bonds. The molecular weight excluding hydrogens is 337 g/mol. The van der Waals surface area contributed by atoms with Crippen molar-refractivity contribution in [2.24, 2.45) is 10.2 Å². The predicted molar refractivity (Wildman–Crippen MR) is 100 cm³/mol. The quantitative estimate of drug-likeness (QED) is 0.599. The molecule has 1 saturated heterocycles. The number of nitrogens with zero attached hydrogens (tertiary/aromatic N) is 3. The van der Waals surface area contributed by atoms with Crippen LogP contribution < -0.4 is 0 Å². The summed E-state index contributed by atoms with van der Waals surface area (Å²) in [5, 5.41) is 8.79. The molecule has 0 bridgehead atoms. The number of hydrogen-bond donors (Lipinski definition) is 0. The van der Waals surface area contributed by atoms with Crippen molar-refractivity contribution in [2.75, 3.05) is 0 Å². The Morgan fingerprint density at radius 2 is 1.88 bits per heavy atom. The van der Waals surface area contributed by atoms with Crippen LogP contribution in [0, 0.1) is 5.82 Å². The van der Waals surface area contributed by atoms with E-state index in [-0.39, 0.29) is 17.0 Å². The van der Waals surface area contributed by atoms with Crippen LogP contribution in [0.3, 0.4) is 0 Å². The van der Waals surface area contributed by atoms with Gasteiger partial charge in [0.1, 0.15) is 5.82 Å². The maximum absolute atomic E-state index is 13.1. The smallest absolute Gasteiger partial charge is 0.242 e. The van der Waals surface area contributed by atoms with Gasteiger partial charge in [0, 0.05) is 0 Å². The molecule has 0 saturated carbocycles. The lowest BCUT2D eigenvalue weighted by Crippen LogP contribution is -2.31. The second-order valence-corrected chi connectivity index (χ2v) is 6.77. The maximum Gasteiger partial charge on any atom is 0.242 e. The summed E-state index contributed by atoms with van der Waals surface area (Å²) in [6.45, 7) is 2.34. The fraction of sp³-hybridized carbons (Fsp3) is 0.211. The molecule has 3 rings (SSSR count). The molecule has 6 heteroatoms. The summed E-state index contributed by atoms with van der Waals surface area (Å²) in [6.07, 6.45) is 2.39. The van der Waals surface area contributed by atoms with Crippen molar-refractivity contribution in [1.29, 1.82) is 0 Å². The first kappa shape index (κ1) is 17.4. The second-order valence-electron chi connectivity index (χ2n) is 5.60. The SMILES string of the molecule is CCC1SC(=NN=Cc2ccccc2)N(Cc2ccc(F)cc2)C1=O. The largest absolute Gasteiger partial charge is 0.284 e. The Kier molecular flexibility index (Phi) is 5.60. The number of amides is 1. The third kappa shape index (κ3) is 4.33. The lowest BCUT2D eigenvalue weighted by molar-refractivity contribution is -0.126. The van der Waals surface area contributed by atoms with Crippen LogP contribution in [0.2, 0.25) is 0 Å². The minimum absolute atomic E-state index is 0.0190. The fourth-order valence-electron chi connectivity index (χ4n) is 2.45. The van der Waals surface area contributed by atoms with E-state index in [0.717, 1.165) is 17.5 Å². The van der Waals surface area contributed by atoms with Gasteiger partial charge in [0.15, 0.2) is 5.17 Å². The zero-order chi connectivity index (χ0) is 17.6. The van der Waals surface area contributed by atoms with Crippen molar-refractivity contribution in [3.8, 4) is 0 Å². The van der Waals surface area contributed by atoms with Gasteiger partial charge in [0.2, 0.25) is 5.91 Å². The van der Waals surface area contributed by atoms with E-state index in [9.17, 15) is 9.18 Å². The summed E-state index contributed by atoms with van der Waals surface area (Å²) in [6, 6.07) is 15.8. The highest BCUT2D eigenvalue weighted by atomic mass is 32.2. The van der Waals surface area contributed by atoms with Crippen LogP contribution in [-0.4, -0.2) is 27.4 Å². The van der Waals surface area contributed by atoms with E-state index in [1.807, 2.05) is 37.3 Å². The van der Waals surface area contributed by atoms with Crippen molar-refractivity contribution in [3.63, 3.8) is 0 Å². The van der Waals surface area contributed by atoms with E-state index in [0.29, 0.717) is 11.7 Å². The highest BCUT2D eigenvalue weighted by molar-refractivity contribution is 8.15. The Morgan fingerprint density at radius 1 is 1.16 bits per heavy atom. The first-order valence-corrected chi connectivity index (χ1v) is 8.94. The first-order valence-electron chi connectivity index (χ1n) is 8.06. The molecule has 1 heterocycles. The van der Waals surface area contributed by atoms with Gasteiger partial charge in [0.25, 0.3) is 0 Å². The molecule has 0 aliphatic carbocycles. The Balaban J connectivity index is 1.79. The molecule has 1 aliphatic rings. The molecular formula is C19H18FN3OS. The summed E-state index contributed by atoms with van der Waals surface area (Å²) in [4.78, 5) is 14.2. The van der Waals surface area contributed by atoms with Crippen LogP contribution in [0.15, 0.2) is 64.8 Å². The molecule has 1 fully saturated rings. The van der Waals surface area contributed by atoms with Crippen LogP contribution in [0.5, 0.6) is 0 Å². The molecule has 0 radical (unpaired) electrons. The molecule has 25 heavy (non-hydrogen) atoms. The third-order valence-electron chi connectivity index (χ3n) is 3.79. The second kappa shape index (κ2) is 8.07. The number of thioether (sulfide) groups is 1. The average molecular weight is 355 g/mol. The van der Waals surface area contributed by atoms with Crippen LogP contribution in [0.25, 0.3) is 0 Å². The minimum atomic E-state index is -0.293. The van der Waals surface area contributed by atoms with E-state index in [4.69, 9.17) is 0 Å². The monoisotopic (exact) mass is 355 g/mol. The van der Waals surface area contributed by atoms with Crippen LogP contribution >= 0.6 is 11.8 Å². The van der Waals surface area contributed by atoms with Crippen molar-refractivity contribution >= 4 is 29.1 Å². The van der Waals surface area contributed by atoms with Gasteiger partial charge in [-0.05, 0) is 29.7 Å². The van der Waals surface area contributed by atoms with Gasteiger partial charge in [-0.25, -0.2) is 4.39 Å². The van der Waals surface area contributed by atoms with Crippen molar-refractivity contribution in [2.45, 2.75) is 25.1 Å².